The molecule has 258 valence electrons. The molecule has 3 aromatic carbocycles. The van der Waals surface area contributed by atoms with Gasteiger partial charge in [-0.1, -0.05) is 127 Å². The molecule has 0 radical (unpaired) electrons. The minimum absolute atomic E-state index is 0.0329. The van der Waals surface area contributed by atoms with Crippen molar-refractivity contribution in [3.05, 3.63) is 172 Å². The Morgan fingerprint density at radius 1 is 0.769 bits per heavy atom. The quantitative estimate of drug-likeness (QED) is 0.195. The summed E-state index contributed by atoms with van der Waals surface area (Å²) in [6, 6.07) is 29.9. The molecule has 3 heteroatoms. The van der Waals surface area contributed by atoms with Crippen LogP contribution in [0.3, 0.4) is 0 Å². The van der Waals surface area contributed by atoms with Gasteiger partial charge in [-0.2, -0.15) is 0 Å². The van der Waals surface area contributed by atoms with Crippen LogP contribution in [-0.2, 0) is 5.41 Å². The van der Waals surface area contributed by atoms with E-state index in [1.54, 1.807) is 21.6 Å². The number of nitrogens with zero attached hydrogens (tertiary/aromatic N) is 1. The summed E-state index contributed by atoms with van der Waals surface area (Å²) in [5, 5.41) is 2.40. The SMILES string of the molecule is C1=CCCC(C2=CC=CC3C2SC2C=CCCC2C32C3=C(CC(C4CC=Cc5c4n(-c4ccccc4)c4ccccc54)CC3)Sc3ccccc32)=C1. The first-order valence-electron chi connectivity index (χ1n) is 19.7. The Morgan fingerprint density at radius 3 is 2.58 bits per heavy atom. The summed E-state index contributed by atoms with van der Waals surface area (Å²) >= 11 is 4.43. The second-order valence-electron chi connectivity index (χ2n) is 15.9. The van der Waals surface area contributed by atoms with Crippen molar-refractivity contribution in [2.75, 3.05) is 0 Å². The normalized spacial score (nSPS) is 31.4. The fourth-order valence-corrected chi connectivity index (χ4v) is 14.9. The Balaban J connectivity index is 1.06. The van der Waals surface area contributed by atoms with Crippen LogP contribution in [0.1, 0.15) is 74.1 Å². The number of hydrogen-bond acceptors (Lipinski definition) is 2. The van der Waals surface area contributed by atoms with Crippen LogP contribution in [0.15, 0.2) is 160 Å². The Bertz CT molecular complexity index is 2310. The zero-order valence-electron chi connectivity index (χ0n) is 29.7. The lowest BCUT2D eigenvalue weighted by Crippen LogP contribution is -2.57. The van der Waals surface area contributed by atoms with E-state index in [9.17, 15) is 0 Å². The van der Waals surface area contributed by atoms with Crippen molar-refractivity contribution in [3.63, 3.8) is 0 Å². The number of fused-ring (bicyclic) bond motifs is 10. The molecule has 2 aliphatic heterocycles. The maximum atomic E-state index is 2.66. The summed E-state index contributed by atoms with van der Waals surface area (Å²) in [5.74, 6) is 2.18. The Morgan fingerprint density at radius 2 is 1.65 bits per heavy atom. The molecular formula is C49H45NS2. The van der Waals surface area contributed by atoms with Crippen molar-refractivity contribution >= 4 is 40.5 Å². The third kappa shape index (κ3) is 4.64. The third-order valence-corrected chi connectivity index (χ3v) is 16.4. The van der Waals surface area contributed by atoms with Gasteiger partial charge in [0.25, 0.3) is 0 Å². The van der Waals surface area contributed by atoms with Gasteiger partial charge in [0.05, 0.1) is 5.52 Å². The molecule has 7 aliphatic rings. The van der Waals surface area contributed by atoms with Gasteiger partial charge in [-0.3, -0.25) is 0 Å². The fourth-order valence-electron chi connectivity index (χ4n) is 11.6. The van der Waals surface area contributed by atoms with E-state index >= 15 is 0 Å². The van der Waals surface area contributed by atoms with E-state index in [0.29, 0.717) is 34.2 Å². The molecule has 3 heterocycles. The highest BCUT2D eigenvalue weighted by atomic mass is 32.2. The van der Waals surface area contributed by atoms with Crippen LogP contribution in [0.25, 0.3) is 22.7 Å². The number of thioether (sulfide) groups is 2. The number of aromatic nitrogens is 1. The highest BCUT2D eigenvalue weighted by Gasteiger charge is 2.61. The summed E-state index contributed by atoms with van der Waals surface area (Å²) in [6.07, 6.45) is 34.3. The van der Waals surface area contributed by atoms with Gasteiger partial charge in [-0.15, -0.1) is 11.8 Å². The summed E-state index contributed by atoms with van der Waals surface area (Å²) < 4.78 is 2.62. The van der Waals surface area contributed by atoms with Gasteiger partial charge in [0.2, 0.25) is 0 Å². The van der Waals surface area contributed by atoms with Gasteiger partial charge in [0.1, 0.15) is 0 Å². The molecule has 11 rings (SSSR count). The van der Waals surface area contributed by atoms with Crippen LogP contribution >= 0.6 is 23.5 Å². The van der Waals surface area contributed by atoms with Crippen molar-refractivity contribution in [1.29, 1.82) is 0 Å². The molecule has 0 saturated carbocycles. The molecule has 0 N–H and O–H groups in total. The average Bonchev–Trinajstić information content (AvgIpc) is 3.56. The van der Waals surface area contributed by atoms with Crippen LogP contribution in [0.5, 0.6) is 0 Å². The average molecular weight is 712 g/mol. The van der Waals surface area contributed by atoms with Crippen LogP contribution in [0, 0.1) is 17.8 Å². The van der Waals surface area contributed by atoms with Crippen LogP contribution in [0.2, 0.25) is 0 Å². The number of hydrogen-bond donors (Lipinski definition) is 0. The molecule has 1 fully saturated rings. The molecule has 7 atom stereocenters. The van der Waals surface area contributed by atoms with Crippen molar-refractivity contribution < 1.29 is 0 Å². The molecule has 1 saturated heterocycles. The van der Waals surface area contributed by atoms with Gasteiger partial charge in [0.15, 0.2) is 0 Å². The molecule has 5 aliphatic carbocycles. The number of benzene rings is 3. The van der Waals surface area contributed by atoms with Gasteiger partial charge < -0.3 is 4.57 Å². The Kier molecular flexibility index (Phi) is 7.65. The molecule has 1 nitrogen and oxygen atoms in total. The second kappa shape index (κ2) is 12.6. The van der Waals surface area contributed by atoms with E-state index in [2.05, 4.69) is 168 Å². The van der Waals surface area contributed by atoms with Gasteiger partial charge in [0, 0.05) is 55.0 Å². The minimum Gasteiger partial charge on any atom is -0.313 e. The largest absolute Gasteiger partial charge is 0.313 e. The lowest BCUT2D eigenvalue weighted by atomic mass is 9.51. The summed E-state index contributed by atoms with van der Waals surface area (Å²) in [6.45, 7) is 0. The van der Waals surface area contributed by atoms with Gasteiger partial charge >= 0.3 is 0 Å². The predicted molar refractivity (Wildman–Crippen MR) is 222 cm³/mol. The van der Waals surface area contributed by atoms with Gasteiger partial charge in [-0.05, 0) is 115 Å². The monoisotopic (exact) mass is 711 g/mol. The molecular weight excluding hydrogens is 667 g/mol. The molecule has 7 unspecified atom stereocenters. The first-order chi connectivity index (χ1) is 25.8. The summed E-state index contributed by atoms with van der Waals surface area (Å²) in [7, 11) is 0. The number of para-hydroxylation sites is 2. The zero-order valence-corrected chi connectivity index (χ0v) is 31.3. The second-order valence-corrected chi connectivity index (χ2v) is 18.4. The highest BCUT2D eigenvalue weighted by molar-refractivity contribution is 8.03. The van der Waals surface area contributed by atoms with Crippen LogP contribution in [-0.4, -0.2) is 15.1 Å². The first kappa shape index (κ1) is 31.6. The van der Waals surface area contributed by atoms with Crippen molar-refractivity contribution in [2.24, 2.45) is 17.8 Å². The van der Waals surface area contributed by atoms with Crippen LogP contribution in [0.4, 0.5) is 0 Å². The van der Waals surface area contributed by atoms with E-state index in [0.717, 1.165) is 19.3 Å². The maximum Gasteiger partial charge on any atom is 0.0537 e. The van der Waals surface area contributed by atoms with E-state index in [1.165, 1.54) is 64.8 Å². The lowest BCUT2D eigenvalue weighted by Gasteiger charge is -2.61. The predicted octanol–water partition coefficient (Wildman–Crippen LogP) is 13.1. The molecule has 1 aromatic heterocycles. The van der Waals surface area contributed by atoms with E-state index < -0.39 is 0 Å². The number of allylic oxidation sites excluding steroid dienone is 11. The molecule has 52 heavy (non-hydrogen) atoms. The maximum absolute atomic E-state index is 2.66. The van der Waals surface area contributed by atoms with Gasteiger partial charge in [-0.25, -0.2) is 0 Å². The van der Waals surface area contributed by atoms with E-state index in [4.69, 9.17) is 0 Å². The molecule has 0 bridgehead atoms. The molecule has 0 amide bonds. The Labute approximate surface area is 317 Å². The van der Waals surface area contributed by atoms with E-state index in [-0.39, 0.29) is 5.41 Å². The van der Waals surface area contributed by atoms with Crippen molar-refractivity contribution in [3.8, 4) is 5.69 Å². The minimum atomic E-state index is 0.0329. The van der Waals surface area contributed by atoms with Crippen molar-refractivity contribution in [1.82, 2.24) is 4.57 Å². The van der Waals surface area contributed by atoms with Crippen molar-refractivity contribution in [2.45, 2.75) is 78.1 Å². The number of rotatable bonds is 3. The highest BCUT2D eigenvalue weighted by Crippen LogP contribution is 2.68. The smallest absolute Gasteiger partial charge is 0.0537 e. The molecule has 4 aromatic rings. The Hall–Kier alpha value is -3.92. The topological polar surface area (TPSA) is 4.93 Å². The third-order valence-electron chi connectivity index (χ3n) is 13.6. The van der Waals surface area contributed by atoms with E-state index in [1.807, 2.05) is 5.57 Å². The summed E-state index contributed by atoms with van der Waals surface area (Å²) in [4.78, 5) is 3.23. The summed E-state index contributed by atoms with van der Waals surface area (Å²) in [5.41, 5.74) is 12.2. The first-order valence-corrected chi connectivity index (χ1v) is 21.5. The lowest BCUT2D eigenvalue weighted by molar-refractivity contribution is 0.198. The fraction of sp³-hybridized carbons (Fsp3) is 0.306. The van der Waals surface area contributed by atoms with Crippen LogP contribution < -0.4 is 0 Å². The molecule has 1 spiro atoms. The zero-order chi connectivity index (χ0) is 34.2. The standard InChI is InChI=1S/C49H45NS2/c1-3-15-32(16-4-1)36-21-14-25-42-48(36)52-45-28-12-9-24-40(45)49(42)39-23-8-11-27-44(39)51-46-31-33(29-30-41(46)49)35-20-13-22-38-37-19-7-10-26-43(37)50(47(35)38)34-17-5-2-6-18-34/h1-3,5-8,10-15,17-19,21-23,25-28,33,35,40,42,45,48H,4,9,16,20,24,29-31H2.